The Morgan fingerprint density at radius 1 is 0.889 bits per heavy atom. The molecule has 0 spiro atoms. The van der Waals surface area contributed by atoms with Gasteiger partial charge in [-0.25, -0.2) is 8.42 Å². The standard InChI is InChI=1S/C20H18N2O4S/c1-15-10-12-17(13-11-15)20(16-6-3-2-4-7-16)21-27(25,26)19-9-5-8-18(14-19)22(23)24/h2-14,20-21H,1H3. The Balaban J connectivity index is 2.02. The number of sulfonamides is 1. The number of hydrogen-bond donors (Lipinski definition) is 1. The van der Waals surface area contributed by atoms with Crippen LogP contribution in [0, 0.1) is 17.0 Å². The molecule has 3 rings (SSSR count). The second-order valence-electron chi connectivity index (χ2n) is 6.13. The molecule has 0 saturated carbocycles. The summed E-state index contributed by atoms with van der Waals surface area (Å²) in [6.45, 7) is 1.95. The van der Waals surface area contributed by atoms with Gasteiger partial charge in [-0.3, -0.25) is 10.1 Å². The summed E-state index contributed by atoms with van der Waals surface area (Å²) < 4.78 is 28.5. The fourth-order valence-corrected chi connectivity index (χ4v) is 3.97. The zero-order valence-electron chi connectivity index (χ0n) is 14.6. The van der Waals surface area contributed by atoms with Gasteiger partial charge in [0.25, 0.3) is 5.69 Å². The molecule has 1 unspecified atom stereocenters. The molecule has 0 aliphatic carbocycles. The predicted octanol–water partition coefficient (Wildman–Crippen LogP) is 3.97. The second kappa shape index (κ2) is 7.69. The van der Waals surface area contributed by atoms with E-state index < -0.39 is 21.0 Å². The van der Waals surface area contributed by atoms with E-state index in [1.807, 2.05) is 61.5 Å². The number of nitro benzene ring substituents is 1. The van der Waals surface area contributed by atoms with Crippen LogP contribution < -0.4 is 4.72 Å². The lowest BCUT2D eigenvalue weighted by Gasteiger charge is -2.20. The van der Waals surface area contributed by atoms with Crippen molar-refractivity contribution < 1.29 is 13.3 Å². The molecule has 27 heavy (non-hydrogen) atoms. The molecule has 0 radical (unpaired) electrons. The van der Waals surface area contributed by atoms with Crippen LogP contribution in [-0.4, -0.2) is 13.3 Å². The number of aryl methyl sites for hydroxylation is 1. The molecule has 0 fully saturated rings. The molecule has 3 aromatic carbocycles. The first-order valence-corrected chi connectivity index (χ1v) is 9.73. The quantitative estimate of drug-likeness (QED) is 0.516. The summed E-state index contributed by atoms with van der Waals surface area (Å²) >= 11 is 0. The third-order valence-electron chi connectivity index (χ3n) is 4.16. The first kappa shape index (κ1) is 18.8. The van der Waals surface area contributed by atoms with Gasteiger partial charge in [-0.1, -0.05) is 66.2 Å². The Hall–Kier alpha value is -3.03. The number of hydrogen-bond acceptors (Lipinski definition) is 4. The van der Waals surface area contributed by atoms with Gasteiger partial charge in [-0.05, 0) is 24.1 Å². The summed E-state index contributed by atoms with van der Waals surface area (Å²) in [6, 6.07) is 21.1. The van der Waals surface area contributed by atoms with Crippen LogP contribution in [0.1, 0.15) is 22.7 Å². The van der Waals surface area contributed by atoms with E-state index in [1.165, 1.54) is 18.2 Å². The highest BCUT2D eigenvalue weighted by molar-refractivity contribution is 7.89. The van der Waals surface area contributed by atoms with Crippen molar-refractivity contribution in [2.24, 2.45) is 0 Å². The molecule has 0 heterocycles. The highest BCUT2D eigenvalue weighted by Gasteiger charge is 2.24. The Morgan fingerprint density at radius 3 is 2.15 bits per heavy atom. The van der Waals surface area contributed by atoms with Gasteiger partial charge in [-0.2, -0.15) is 4.72 Å². The largest absolute Gasteiger partial charge is 0.270 e. The minimum absolute atomic E-state index is 0.148. The van der Waals surface area contributed by atoms with E-state index in [4.69, 9.17) is 0 Å². The molecule has 3 aromatic rings. The van der Waals surface area contributed by atoms with Crippen LogP contribution >= 0.6 is 0 Å². The Bertz CT molecular complexity index is 1050. The molecule has 0 saturated heterocycles. The van der Waals surface area contributed by atoms with E-state index in [1.54, 1.807) is 0 Å². The maximum Gasteiger partial charge on any atom is 0.270 e. The highest BCUT2D eigenvalue weighted by Crippen LogP contribution is 2.26. The van der Waals surface area contributed by atoms with Crippen molar-refractivity contribution in [3.63, 3.8) is 0 Å². The molecule has 0 aliphatic rings. The van der Waals surface area contributed by atoms with Gasteiger partial charge >= 0.3 is 0 Å². The van der Waals surface area contributed by atoms with Gasteiger partial charge in [0.1, 0.15) is 0 Å². The zero-order valence-corrected chi connectivity index (χ0v) is 15.4. The summed E-state index contributed by atoms with van der Waals surface area (Å²) in [6.07, 6.45) is 0. The molecule has 1 atom stereocenters. The van der Waals surface area contributed by atoms with Gasteiger partial charge in [0.2, 0.25) is 10.0 Å². The lowest BCUT2D eigenvalue weighted by molar-refractivity contribution is -0.385. The maximum absolute atomic E-state index is 12.9. The molecule has 0 amide bonds. The third kappa shape index (κ3) is 4.39. The number of nitro groups is 1. The van der Waals surface area contributed by atoms with Gasteiger partial charge in [0, 0.05) is 12.1 Å². The first-order chi connectivity index (χ1) is 12.9. The van der Waals surface area contributed by atoms with Crippen LogP contribution in [-0.2, 0) is 10.0 Å². The molecule has 138 valence electrons. The number of nitrogens with zero attached hydrogens (tertiary/aromatic N) is 1. The van der Waals surface area contributed by atoms with Gasteiger partial charge < -0.3 is 0 Å². The third-order valence-corrected chi connectivity index (χ3v) is 5.58. The van der Waals surface area contributed by atoms with Crippen molar-refractivity contribution in [2.75, 3.05) is 0 Å². The smallest absolute Gasteiger partial charge is 0.258 e. The van der Waals surface area contributed by atoms with Crippen molar-refractivity contribution in [3.8, 4) is 0 Å². The van der Waals surface area contributed by atoms with Crippen molar-refractivity contribution in [3.05, 3.63) is 106 Å². The lowest BCUT2D eigenvalue weighted by atomic mass is 9.99. The summed E-state index contributed by atoms with van der Waals surface area (Å²) in [7, 11) is -3.98. The summed E-state index contributed by atoms with van der Waals surface area (Å²) in [5.41, 5.74) is 2.34. The minimum atomic E-state index is -3.98. The molecular formula is C20H18N2O4S. The SMILES string of the molecule is Cc1ccc(C(NS(=O)(=O)c2cccc([N+](=O)[O-])c2)c2ccccc2)cc1. The summed E-state index contributed by atoms with van der Waals surface area (Å²) in [4.78, 5) is 10.2. The predicted molar refractivity (Wildman–Crippen MR) is 103 cm³/mol. The lowest BCUT2D eigenvalue weighted by Crippen LogP contribution is -2.29. The normalized spacial score (nSPS) is 12.5. The van der Waals surface area contributed by atoms with Gasteiger partial charge in [0.05, 0.1) is 15.9 Å². The van der Waals surface area contributed by atoms with Crippen molar-refractivity contribution in [2.45, 2.75) is 17.9 Å². The van der Waals surface area contributed by atoms with E-state index in [0.717, 1.165) is 22.8 Å². The molecule has 1 N–H and O–H groups in total. The van der Waals surface area contributed by atoms with E-state index in [0.29, 0.717) is 0 Å². The first-order valence-electron chi connectivity index (χ1n) is 8.25. The van der Waals surface area contributed by atoms with Crippen LogP contribution in [0.3, 0.4) is 0 Å². The van der Waals surface area contributed by atoms with Crippen LogP contribution in [0.15, 0.2) is 83.8 Å². The zero-order chi connectivity index (χ0) is 19.4. The average Bonchev–Trinajstić information content (AvgIpc) is 2.68. The van der Waals surface area contributed by atoms with E-state index in [9.17, 15) is 18.5 Å². The van der Waals surface area contributed by atoms with Gasteiger partial charge in [0.15, 0.2) is 0 Å². The molecular weight excluding hydrogens is 364 g/mol. The van der Waals surface area contributed by atoms with Crippen LogP contribution in [0.4, 0.5) is 5.69 Å². The summed E-state index contributed by atoms with van der Waals surface area (Å²) in [5.74, 6) is 0. The Kier molecular flexibility index (Phi) is 5.34. The van der Waals surface area contributed by atoms with Crippen molar-refractivity contribution in [1.82, 2.24) is 4.72 Å². The van der Waals surface area contributed by atoms with Crippen molar-refractivity contribution in [1.29, 1.82) is 0 Å². The monoisotopic (exact) mass is 382 g/mol. The number of non-ortho nitro benzene ring substituents is 1. The number of nitrogens with one attached hydrogen (secondary N) is 1. The van der Waals surface area contributed by atoms with Gasteiger partial charge in [-0.15, -0.1) is 0 Å². The molecule has 0 bridgehead atoms. The maximum atomic E-state index is 12.9. The average molecular weight is 382 g/mol. The molecule has 0 aromatic heterocycles. The fourth-order valence-electron chi connectivity index (χ4n) is 2.72. The van der Waals surface area contributed by atoms with Crippen LogP contribution in [0.5, 0.6) is 0 Å². The molecule has 7 heteroatoms. The Morgan fingerprint density at radius 2 is 1.52 bits per heavy atom. The molecule has 6 nitrogen and oxygen atoms in total. The topological polar surface area (TPSA) is 89.3 Å². The van der Waals surface area contributed by atoms with E-state index >= 15 is 0 Å². The van der Waals surface area contributed by atoms with Crippen LogP contribution in [0.2, 0.25) is 0 Å². The van der Waals surface area contributed by atoms with Crippen LogP contribution in [0.25, 0.3) is 0 Å². The molecule has 0 aliphatic heterocycles. The second-order valence-corrected chi connectivity index (χ2v) is 7.84. The van der Waals surface area contributed by atoms with E-state index in [2.05, 4.69) is 4.72 Å². The fraction of sp³-hybridized carbons (Fsp3) is 0.100. The number of benzene rings is 3. The highest BCUT2D eigenvalue weighted by atomic mass is 32.2. The minimum Gasteiger partial charge on any atom is -0.258 e. The van der Waals surface area contributed by atoms with E-state index in [-0.39, 0.29) is 10.6 Å². The van der Waals surface area contributed by atoms with Crippen molar-refractivity contribution >= 4 is 15.7 Å². The number of rotatable bonds is 6. The summed E-state index contributed by atoms with van der Waals surface area (Å²) in [5, 5.41) is 11.0. The Labute approximate surface area is 157 Å².